The normalized spacial score (nSPS) is 18.1. The molecule has 4 nitrogen and oxygen atoms in total. The fourth-order valence-electron chi connectivity index (χ4n) is 9.20. The van der Waals surface area contributed by atoms with Gasteiger partial charge in [0.25, 0.3) is 0 Å². The van der Waals surface area contributed by atoms with E-state index in [0.29, 0.717) is 17.4 Å². The lowest BCUT2D eigenvalue weighted by atomic mass is 9.67. The van der Waals surface area contributed by atoms with Gasteiger partial charge >= 0.3 is 0 Å². The number of methoxy groups -OCH3 is 1. The van der Waals surface area contributed by atoms with Crippen LogP contribution in [0.25, 0.3) is 0 Å². The van der Waals surface area contributed by atoms with Crippen LogP contribution in [0.1, 0.15) is 156 Å². The SMILES string of the molecule is C=CCC(C/C=C/C(C#N)=C/C=C1/N(CCC)c2ccc(OC)cc2C1(CC=C)CC(CC)CCC)(CC(CC)CCC)c1cc(C)ccc1[NH2+]CCC.CC. The predicted octanol–water partition coefficient (Wildman–Crippen LogP) is 13.9. The maximum atomic E-state index is 10.6. The molecule has 0 amide bonds. The van der Waals surface area contributed by atoms with Gasteiger partial charge in [-0.15, -0.1) is 13.2 Å². The van der Waals surface area contributed by atoms with Crippen molar-refractivity contribution in [1.29, 1.82) is 5.26 Å². The number of benzene rings is 2. The molecule has 3 rings (SSSR count). The van der Waals surface area contributed by atoms with Gasteiger partial charge in [-0.25, -0.2) is 0 Å². The smallest absolute Gasteiger partial charge is 0.133 e. The maximum absolute atomic E-state index is 10.6. The van der Waals surface area contributed by atoms with Crippen molar-refractivity contribution in [3.8, 4) is 11.8 Å². The van der Waals surface area contributed by atoms with E-state index >= 15 is 0 Å². The second-order valence-corrected chi connectivity index (χ2v) is 15.9. The van der Waals surface area contributed by atoms with Gasteiger partial charge in [-0.2, -0.15) is 5.26 Å². The number of ether oxygens (including phenoxy) is 1. The molecule has 1 aliphatic heterocycles. The van der Waals surface area contributed by atoms with E-state index in [1.165, 1.54) is 65.9 Å². The Morgan fingerprint density at radius 2 is 1.64 bits per heavy atom. The Kier molecular flexibility index (Phi) is 22.0. The monoisotopic (exact) mass is 763 g/mol. The summed E-state index contributed by atoms with van der Waals surface area (Å²) in [7, 11) is 1.76. The van der Waals surface area contributed by atoms with Crippen LogP contribution in [0.15, 0.2) is 97.3 Å². The summed E-state index contributed by atoms with van der Waals surface area (Å²) in [6.45, 7) is 30.5. The Morgan fingerprint density at radius 1 is 0.929 bits per heavy atom. The van der Waals surface area contributed by atoms with Crippen LogP contribution >= 0.6 is 0 Å². The summed E-state index contributed by atoms with van der Waals surface area (Å²) in [6, 6.07) is 16.2. The molecule has 4 atom stereocenters. The van der Waals surface area contributed by atoms with Gasteiger partial charge < -0.3 is 15.0 Å². The summed E-state index contributed by atoms with van der Waals surface area (Å²) in [4.78, 5) is 2.51. The molecule has 2 N–H and O–H groups in total. The van der Waals surface area contributed by atoms with E-state index in [1.807, 2.05) is 13.8 Å². The van der Waals surface area contributed by atoms with Crippen LogP contribution in [0.5, 0.6) is 5.75 Å². The molecule has 0 aliphatic carbocycles. The van der Waals surface area contributed by atoms with E-state index in [9.17, 15) is 5.26 Å². The van der Waals surface area contributed by atoms with Crippen molar-refractivity contribution in [2.24, 2.45) is 11.8 Å². The van der Waals surface area contributed by atoms with Gasteiger partial charge in [0.05, 0.1) is 25.3 Å². The predicted molar refractivity (Wildman–Crippen MR) is 245 cm³/mol. The number of anilines is 1. The summed E-state index contributed by atoms with van der Waals surface area (Å²) < 4.78 is 5.80. The molecule has 308 valence electrons. The molecule has 1 heterocycles. The molecule has 0 fully saturated rings. The Morgan fingerprint density at radius 3 is 2.23 bits per heavy atom. The van der Waals surface area contributed by atoms with Gasteiger partial charge in [0, 0.05) is 34.3 Å². The third kappa shape index (κ3) is 12.3. The van der Waals surface area contributed by atoms with Crippen LogP contribution in [0.2, 0.25) is 0 Å². The molecule has 4 heteroatoms. The number of nitrogens with two attached hydrogens (primary N) is 1. The summed E-state index contributed by atoms with van der Waals surface area (Å²) in [5.74, 6) is 2.09. The molecule has 0 saturated heterocycles. The number of allylic oxidation sites excluding steroid dienone is 8. The molecule has 0 radical (unpaired) electrons. The summed E-state index contributed by atoms with van der Waals surface area (Å²) in [5, 5.41) is 13.0. The zero-order valence-corrected chi connectivity index (χ0v) is 37.5. The van der Waals surface area contributed by atoms with Gasteiger partial charge in [-0.05, 0) is 118 Å². The lowest BCUT2D eigenvalue weighted by molar-refractivity contribution is -0.572. The van der Waals surface area contributed by atoms with Crippen molar-refractivity contribution in [3.63, 3.8) is 0 Å². The van der Waals surface area contributed by atoms with Crippen LogP contribution in [-0.2, 0) is 10.8 Å². The topological polar surface area (TPSA) is 52.9 Å². The Bertz CT molecular complexity index is 1620. The number of rotatable bonds is 25. The van der Waals surface area contributed by atoms with E-state index in [2.05, 4.69) is 151 Å². The minimum absolute atomic E-state index is 0.101. The number of hydrogen-bond acceptors (Lipinski definition) is 3. The first-order chi connectivity index (χ1) is 27.2. The van der Waals surface area contributed by atoms with Crippen molar-refractivity contribution in [2.75, 3.05) is 25.1 Å². The molecule has 4 unspecified atom stereocenters. The highest BCUT2D eigenvalue weighted by molar-refractivity contribution is 5.73. The lowest BCUT2D eigenvalue weighted by Gasteiger charge is -2.37. The molecular formula is C52H80N3O+. The third-order valence-electron chi connectivity index (χ3n) is 11.9. The van der Waals surface area contributed by atoms with E-state index in [0.717, 1.165) is 70.2 Å². The van der Waals surface area contributed by atoms with Crippen LogP contribution in [0, 0.1) is 30.1 Å². The standard InChI is InChI=1S/C50H73N3O.C2H6/c1-11-20-40(17-7)36-49(29-13-3,44-34-39(9)23-26-46(44)52-32-15-5)31-19-22-42(38-51)24-28-48-50(30-14-4,37-41(18-8)21-12-2)45-35-43(54-10)25-27-47(45)53(48)33-16-6;1-2/h13-14,19,22-28,34-35,40-41,52H,3-4,11-12,15-18,20-21,29-33,36-37H2,1-2,5-10H3;1-2H3/p+1/b22-19+,42-24-,48-28+;. The maximum Gasteiger partial charge on any atom is 0.133 e. The summed E-state index contributed by atoms with van der Waals surface area (Å²) >= 11 is 0. The fourth-order valence-corrected chi connectivity index (χ4v) is 9.20. The second-order valence-electron chi connectivity index (χ2n) is 15.9. The molecule has 2 aromatic carbocycles. The van der Waals surface area contributed by atoms with Gasteiger partial charge in [0.2, 0.25) is 0 Å². The zero-order valence-electron chi connectivity index (χ0n) is 37.5. The van der Waals surface area contributed by atoms with Crippen LogP contribution in [0.4, 0.5) is 11.4 Å². The van der Waals surface area contributed by atoms with E-state index in [-0.39, 0.29) is 10.8 Å². The van der Waals surface area contributed by atoms with E-state index in [4.69, 9.17) is 4.74 Å². The largest absolute Gasteiger partial charge is 0.497 e. The van der Waals surface area contributed by atoms with Crippen LogP contribution in [0.3, 0.4) is 0 Å². The van der Waals surface area contributed by atoms with Crippen LogP contribution < -0.4 is 15.0 Å². The minimum atomic E-state index is -0.248. The Hall–Kier alpha value is -3.81. The van der Waals surface area contributed by atoms with Gasteiger partial charge in [-0.3, -0.25) is 0 Å². The molecule has 0 saturated carbocycles. The Labute approximate surface area is 344 Å². The van der Waals surface area contributed by atoms with Crippen molar-refractivity contribution in [1.82, 2.24) is 0 Å². The molecule has 0 bridgehead atoms. The van der Waals surface area contributed by atoms with Crippen molar-refractivity contribution >= 4 is 11.4 Å². The fraction of sp³-hybridized carbons (Fsp3) is 0.558. The van der Waals surface area contributed by atoms with Gasteiger partial charge in [-0.1, -0.05) is 124 Å². The second kappa shape index (κ2) is 25.4. The molecule has 2 aromatic rings. The number of aryl methyl sites for hydroxylation is 1. The van der Waals surface area contributed by atoms with Crippen molar-refractivity contribution in [2.45, 2.75) is 157 Å². The first-order valence-corrected chi connectivity index (χ1v) is 22.3. The molecular weight excluding hydrogens is 683 g/mol. The first-order valence-electron chi connectivity index (χ1n) is 22.3. The highest BCUT2D eigenvalue weighted by atomic mass is 16.5. The number of fused-ring (bicyclic) bond motifs is 1. The Balaban J connectivity index is 0.00000532. The lowest BCUT2D eigenvalue weighted by Crippen LogP contribution is -2.78. The van der Waals surface area contributed by atoms with Crippen molar-refractivity contribution in [3.05, 3.63) is 114 Å². The number of hydrogen-bond donors (Lipinski definition) is 1. The molecule has 0 aromatic heterocycles. The van der Waals surface area contributed by atoms with Gasteiger partial charge in [0.1, 0.15) is 11.4 Å². The number of quaternary nitrogens is 1. The van der Waals surface area contributed by atoms with Crippen LogP contribution in [-0.4, -0.2) is 20.2 Å². The quantitative estimate of drug-likeness (QED) is 0.0474. The van der Waals surface area contributed by atoms with Crippen molar-refractivity contribution < 1.29 is 10.1 Å². The average Bonchev–Trinajstić information content (AvgIpc) is 3.45. The van der Waals surface area contributed by atoms with Gasteiger partial charge in [0.15, 0.2) is 0 Å². The minimum Gasteiger partial charge on any atom is -0.497 e. The first kappa shape index (κ1) is 48.3. The zero-order chi connectivity index (χ0) is 41.6. The van der Waals surface area contributed by atoms with E-state index < -0.39 is 0 Å². The summed E-state index contributed by atoms with van der Waals surface area (Å²) in [6.07, 6.45) is 26.9. The van der Waals surface area contributed by atoms with E-state index in [1.54, 1.807) is 7.11 Å². The molecule has 56 heavy (non-hydrogen) atoms. The molecule has 1 aliphatic rings. The number of nitrogens with zero attached hydrogens (tertiary/aromatic N) is 2. The highest BCUT2D eigenvalue weighted by Crippen LogP contribution is 2.55. The third-order valence-corrected chi connectivity index (χ3v) is 11.9. The number of nitriles is 1. The molecule has 0 spiro atoms. The summed E-state index contributed by atoms with van der Waals surface area (Å²) in [5.41, 5.74) is 8.24. The highest BCUT2D eigenvalue weighted by Gasteiger charge is 2.47. The average molecular weight is 763 g/mol.